The van der Waals surface area contributed by atoms with Gasteiger partial charge in [0.25, 0.3) is 0 Å². The molecule has 0 unspecified atom stereocenters. The molecule has 2 N–H and O–H groups in total. The summed E-state index contributed by atoms with van der Waals surface area (Å²) < 4.78 is 5.17. The average molecular weight is 489 g/mol. The summed E-state index contributed by atoms with van der Waals surface area (Å²) >= 11 is 5.80. The normalized spacial score (nSPS) is 10.8. The van der Waals surface area contributed by atoms with Crippen molar-refractivity contribution < 1.29 is 4.74 Å². The summed E-state index contributed by atoms with van der Waals surface area (Å²) in [6.07, 6.45) is 3.56. The van der Waals surface area contributed by atoms with Crippen molar-refractivity contribution in [2.24, 2.45) is 4.99 Å². The molecule has 0 aliphatic rings. The molecule has 1 aromatic carbocycles. The van der Waals surface area contributed by atoms with Crippen LogP contribution < -0.4 is 15.4 Å². The van der Waals surface area contributed by atoms with Crippen molar-refractivity contribution in [3.8, 4) is 5.75 Å². The number of methoxy groups -OCH3 is 1. The van der Waals surface area contributed by atoms with Gasteiger partial charge in [-0.3, -0.25) is 4.99 Å². The van der Waals surface area contributed by atoms with Crippen molar-refractivity contribution in [1.29, 1.82) is 0 Å². The van der Waals surface area contributed by atoms with Crippen molar-refractivity contribution in [2.75, 3.05) is 26.7 Å². The van der Waals surface area contributed by atoms with E-state index in [1.54, 1.807) is 13.3 Å². The number of hydrogen-bond donors (Lipinski definition) is 2. The van der Waals surface area contributed by atoms with Crippen LogP contribution >= 0.6 is 35.6 Å². The van der Waals surface area contributed by atoms with Crippen molar-refractivity contribution in [3.63, 3.8) is 0 Å². The van der Waals surface area contributed by atoms with E-state index in [4.69, 9.17) is 16.3 Å². The molecule has 0 radical (unpaired) electrons. The minimum atomic E-state index is 0. The average Bonchev–Trinajstić information content (AvgIpc) is 2.64. The number of guanidine groups is 1. The van der Waals surface area contributed by atoms with Gasteiger partial charge in [0.2, 0.25) is 0 Å². The van der Waals surface area contributed by atoms with E-state index < -0.39 is 0 Å². The minimum absolute atomic E-state index is 0. The van der Waals surface area contributed by atoms with E-state index >= 15 is 0 Å². The van der Waals surface area contributed by atoms with E-state index in [0.717, 1.165) is 49.7 Å². The van der Waals surface area contributed by atoms with E-state index in [-0.39, 0.29) is 24.0 Å². The number of nitrogens with zero attached hydrogens (tertiary/aromatic N) is 2. The largest absolute Gasteiger partial charge is 0.497 e. The van der Waals surface area contributed by atoms with Crippen LogP contribution in [0.3, 0.4) is 0 Å². The number of hydrogen-bond acceptors (Lipinski definition) is 3. The molecule has 26 heavy (non-hydrogen) atoms. The Morgan fingerprint density at radius 2 is 1.81 bits per heavy atom. The molecule has 0 saturated heterocycles. The van der Waals surface area contributed by atoms with Crippen molar-refractivity contribution in [2.45, 2.75) is 19.8 Å². The molecule has 5 nitrogen and oxygen atoms in total. The first-order valence-corrected chi connectivity index (χ1v) is 8.84. The summed E-state index contributed by atoms with van der Waals surface area (Å²) in [6.45, 7) is 4.41. The van der Waals surface area contributed by atoms with Gasteiger partial charge in [-0.15, -0.1) is 24.0 Å². The van der Waals surface area contributed by atoms with E-state index in [0.29, 0.717) is 5.15 Å². The van der Waals surface area contributed by atoms with Crippen molar-refractivity contribution in [3.05, 3.63) is 58.9 Å². The smallest absolute Gasteiger partial charge is 0.191 e. The second-order valence-electron chi connectivity index (χ2n) is 5.52. The molecule has 2 rings (SSSR count). The zero-order valence-corrected chi connectivity index (χ0v) is 18.3. The lowest BCUT2D eigenvalue weighted by atomic mass is 10.1. The van der Waals surface area contributed by atoms with Gasteiger partial charge in [0.05, 0.1) is 7.11 Å². The summed E-state index contributed by atoms with van der Waals surface area (Å²) in [7, 11) is 1.67. The van der Waals surface area contributed by atoms with Crippen LogP contribution in [0.1, 0.15) is 18.1 Å². The van der Waals surface area contributed by atoms with Gasteiger partial charge < -0.3 is 15.4 Å². The third kappa shape index (κ3) is 8.23. The molecule has 0 saturated carbocycles. The van der Waals surface area contributed by atoms with Gasteiger partial charge in [0, 0.05) is 25.8 Å². The van der Waals surface area contributed by atoms with Crippen molar-refractivity contribution in [1.82, 2.24) is 15.6 Å². The summed E-state index contributed by atoms with van der Waals surface area (Å²) in [5.74, 6) is 1.71. The molecule has 0 aliphatic carbocycles. The number of halogens is 2. The Morgan fingerprint density at radius 1 is 1.08 bits per heavy atom. The fourth-order valence-corrected chi connectivity index (χ4v) is 2.42. The Bertz CT molecular complexity index is 662. The van der Waals surface area contributed by atoms with Gasteiger partial charge in [0.1, 0.15) is 10.9 Å². The summed E-state index contributed by atoms with van der Waals surface area (Å²) in [4.78, 5) is 8.71. The lowest BCUT2D eigenvalue weighted by molar-refractivity contribution is 0.414. The van der Waals surface area contributed by atoms with Gasteiger partial charge in [0.15, 0.2) is 5.96 Å². The minimum Gasteiger partial charge on any atom is -0.497 e. The monoisotopic (exact) mass is 488 g/mol. The number of aliphatic imine (C=N–C) groups is 1. The Morgan fingerprint density at radius 3 is 2.42 bits per heavy atom. The molecule has 0 spiro atoms. The highest BCUT2D eigenvalue weighted by atomic mass is 127. The van der Waals surface area contributed by atoms with E-state index in [9.17, 15) is 0 Å². The van der Waals surface area contributed by atoms with Crippen LogP contribution in [0.25, 0.3) is 0 Å². The third-order valence-corrected chi connectivity index (χ3v) is 3.89. The molecule has 1 heterocycles. The Balaban J connectivity index is 0.00000338. The quantitative estimate of drug-likeness (QED) is 0.257. The number of aromatic nitrogens is 1. The Kier molecular flexibility index (Phi) is 11.0. The van der Waals surface area contributed by atoms with Crippen LogP contribution in [0.2, 0.25) is 5.15 Å². The van der Waals surface area contributed by atoms with Crippen LogP contribution in [0.5, 0.6) is 5.75 Å². The number of rotatable bonds is 8. The molecule has 7 heteroatoms. The van der Waals surface area contributed by atoms with Crippen LogP contribution in [0.15, 0.2) is 47.6 Å². The number of ether oxygens (including phenoxy) is 1. The predicted octanol–water partition coefficient (Wildman–Crippen LogP) is 3.70. The molecule has 142 valence electrons. The summed E-state index contributed by atoms with van der Waals surface area (Å²) in [6, 6.07) is 11.9. The Labute approximate surface area is 177 Å². The molecule has 0 aliphatic heterocycles. The highest BCUT2D eigenvalue weighted by Crippen LogP contribution is 2.11. The van der Waals surface area contributed by atoms with Crippen LogP contribution in [0.4, 0.5) is 0 Å². The first-order valence-electron chi connectivity index (χ1n) is 8.47. The van der Waals surface area contributed by atoms with Gasteiger partial charge in [-0.25, -0.2) is 4.98 Å². The van der Waals surface area contributed by atoms with E-state index in [1.807, 2.05) is 24.3 Å². The summed E-state index contributed by atoms with van der Waals surface area (Å²) in [5.41, 5.74) is 2.39. The van der Waals surface area contributed by atoms with Crippen LogP contribution in [0, 0.1) is 0 Å². The highest BCUT2D eigenvalue weighted by molar-refractivity contribution is 14.0. The molecule has 0 atom stereocenters. The van der Waals surface area contributed by atoms with Gasteiger partial charge >= 0.3 is 0 Å². The molecule has 2 aromatic rings. The predicted molar refractivity (Wildman–Crippen MR) is 119 cm³/mol. The molecule has 0 bridgehead atoms. The van der Waals surface area contributed by atoms with Gasteiger partial charge in [-0.2, -0.15) is 0 Å². The maximum atomic E-state index is 5.80. The lowest BCUT2D eigenvalue weighted by Gasteiger charge is -2.11. The summed E-state index contributed by atoms with van der Waals surface area (Å²) in [5, 5.41) is 7.13. The Hall–Kier alpha value is -1.54. The maximum Gasteiger partial charge on any atom is 0.191 e. The third-order valence-electron chi connectivity index (χ3n) is 3.67. The number of pyridine rings is 1. The highest BCUT2D eigenvalue weighted by Gasteiger charge is 1.99. The SMILES string of the molecule is CCNC(=NCCc1ccc(OC)cc1)NCCc1ccc(Cl)nc1.I. The van der Waals surface area contributed by atoms with E-state index in [2.05, 4.69) is 39.7 Å². The maximum absolute atomic E-state index is 5.80. The second kappa shape index (κ2) is 12.8. The fraction of sp³-hybridized carbons (Fsp3) is 0.368. The lowest BCUT2D eigenvalue weighted by Crippen LogP contribution is -2.38. The number of nitrogens with one attached hydrogen (secondary N) is 2. The van der Waals surface area contributed by atoms with Gasteiger partial charge in [-0.1, -0.05) is 29.8 Å². The fourth-order valence-electron chi connectivity index (χ4n) is 2.31. The topological polar surface area (TPSA) is 58.5 Å². The molecule has 0 fully saturated rings. The first kappa shape index (κ1) is 22.5. The zero-order chi connectivity index (χ0) is 17.9. The molecule has 0 amide bonds. The van der Waals surface area contributed by atoms with E-state index in [1.165, 1.54) is 5.56 Å². The van der Waals surface area contributed by atoms with Crippen LogP contribution in [-0.2, 0) is 12.8 Å². The zero-order valence-electron chi connectivity index (χ0n) is 15.2. The standard InChI is InChI=1S/C19H25ClN4O.HI/c1-3-21-19(23-13-11-16-6-9-18(20)24-14-16)22-12-10-15-4-7-17(25-2)8-5-15;/h4-9,14H,3,10-13H2,1-2H3,(H2,21,22,23);1H. The van der Waals surface area contributed by atoms with Crippen molar-refractivity contribution >= 4 is 41.5 Å². The molecular formula is C19H26ClIN4O. The van der Waals surface area contributed by atoms with Gasteiger partial charge in [-0.05, 0) is 49.1 Å². The number of benzene rings is 1. The molecular weight excluding hydrogens is 463 g/mol. The first-order chi connectivity index (χ1) is 12.2. The molecule has 1 aromatic heterocycles. The second-order valence-corrected chi connectivity index (χ2v) is 5.91. The van der Waals surface area contributed by atoms with Crippen LogP contribution in [-0.4, -0.2) is 37.7 Å².